The van der Waals surface area contributed by atoms with Crippen molar-refractivity contribution in [1.82, 2.24) is 4.98 Å². The van der Waals surface area contributed by atoms with E-state index < -0.39 is 18.1 Å². The van der Waals surface area contributed by atoms with E-state index in [1.807, 2.05) is 0 Å². The Hall–Kier alpha value is -2.03. The van der Waals surface area contributed by atoms with Crippen LogP contribution in [-0.4, -0.2) is 31.0 Å². The number of nitrogens with two attached hydrogens (primary N) is 1. The van der Waals surface area contributed by atoms with E-state index in [4.69, 9.17) is 15.2 Å². The lowest BCUT2D eigenvalue weighted by atomic mass is 10.2. The van der Waals surface area contributed by atoms with Crippen LogP contribution < -0.4 is 15.2 Å². The van der Waals surface area contributed by atoms with E-state index in [1.54, 1.807) is 6.92 Å². The molecule has 1 heterocycles. The van der Waals surface area contributed by atoms with Gasteiger partial charge in [0.25, 0.3) is 0 Å². The maximum Gasteiger partial charge on any atom is 0.573 e. The van der Waals surface area contributed by atoms with Crippen molar-refractivity contribution < 1.29 is 32.2 Å². The van der Waals surface area contributed by atoms with Gasteiger partial charge < -0.3 is 19.9 Å². The molecule has 0 saturated carbocycles. The summed E-state index contributed by atoms with van der Waals surface area (Å²) >= 11 is 0. The molecule has 0 saturated heterocycles. The molecule has 0 atom stereocenters. The maximum atomic E-state index is 12.3. The minimum atomic E-state index is -4.92. The number of hydrogen-bond acceptors (Lipinski definition) is 6. The zero-order valence-electron chi connectivity index (χ0n) is 10.8. The first-order valence-electron chi connectivity index (χ1n) is 5.53. The summed E-state index contributed by atoms with van der Waals surface area (Å²) in [5.41, 5.74) is 4.84. The number of carbonyl (C=O) groups excluding carboxylic acids is 1. The first-order valence-corrected chi connectivity index (χ1v) is 5.53. The van der Waals surface area contributed by atoms with Crippen molar-refractivity contribution in [3.05, 3.63) is 17.3 Å². The van der Waals surface area contributed by atoms with Gasteiger partial charge in [-0.3, -0.25) is 0 Å². The molecule has 112 valence electrons. The first-order chi connectivity index (χ1) is 9.32. The summed E-state index contributed by atoms with van der Waals surface area (Å²) in [7, 11) is 1.22. The Kier molecular flexibility index (Phi) is 5.14. The zero-order valence-corrected chi connectivity index (χ0v) is 10.8. The average Bonchev–Trinajstić information content (AvgIpc) is 2.36. The van der Waals surface area contributed by atoms with E-state index in [0.29, 0.717) is 0 Å². The lowest BCUT2D eigenvalue weighted by Crippen LogP contribution is -2.20. The number of alkyl halides is 3. The molecule has 0 aliphatic heterocycles. The van der Waals surface area contributed by atoms with Crippen molar-refractivity contribution in [3.8, 4) is 11.6 Å². The van der Waals surface area contributed by atoms with Crippen LogP contribution in [0.1, 0.15) is 23.0 Å². The van der Waals surface area contributed by atoms with Crippen molar-refractivity contribution in [1.29, 1.82) is 0 Å². The minimum Gasteiger partial charge on any atom is -0.480 e. The van der Waals surface area contributed by atoms with Gasteiger partial charge in [0, 0.05) is 12.6 Å². The highest BCUT2D eigenvalue weighted by atomic mass is 19.4. The van der Waals surface area contributed by atoms with Gasteiger partial charge in [-0.2, -0.15) is 0 Å². The second-order valence-electron chi connectivity index (χ2n) is 3.46. The van der Waals surface area contributed by atoms with Crippen molar-refractivity contribution in [2.24, 2.45) is 5.73 Å². The van der Waals surface area contributed by atoms with Gasteiger partial charge in [-0.05, 0) is 6.92 Å². The monoisotopic (exact) mass is 294 g/mol. The van der Waals surface area contributed by atoms with Gasteiger partial charge in [-0.25, -0.2) is 9.78 Å². The fourth-order valence-corrected chi connectivity index (χ4v) is 1.38. The number of rotatable bonds is 5. The van der Waals surface area contributed by atoms with Crippen molar-refractivity contribution in [2.75, 3.05) is 13.7 Å². The van der Waals surface area contributed by atoms with Crippen LogP contribution >= 0.6 is 0 Å². The fourth-order valence-electron chi connectivity index (χ4n) is 1.38. The molecule has 0 amide bonds. The quantitative estimate of drug-likeness (QED) is 0.831. The molecule has 0 unspecified atom stereocenters. The van der Waals surface area contributed by atoms with Crippen LogP contribution in [0.3, 0.4) is 0 Å². The summed E-state index contributed by atoms with van der Waals surface area (Å²) in [5.74, 6) is -1.71. The van der Waals surface area contributed by atoms with E-state index in [9.17, 15) is 18.0 Å². The van der Waals surface area contributed by atoms with Crippen LogP contribution in [0.4, 0.5) is 13.2 Å². The van der Waals surface area contributed by atoms with E-state index >= 15 is 0 Å². The Morgan fingerprint density at radius 3 is 2.55 bits per heavy atom. The molecule has 20 heavy (non-hydrogen) atoms. The molecule has 6 nitrogen and oxygen atoms in total. The smallest absolute Gasteiger partial charge is 0.480 e. The molecular formula is C11H13F3N2O4. The number of halogens is 3. The lowest BCUT2D eigenvalue weighted by Gasteiger charge is -2.15. The van der Waals surface area contributed by atoms with Crippen molar-refractivity contribution >= 4 is 5.97 Å². The van der Waals surface area contributed by atoms with Crippen LogP contribution in [0.15, 0.2) is 6.07 Å². The van der Waals surface area contributed by atoms with Gasteiger partial charge in [0.15, 0.2) is 5.75 Å². The van der Waals surface area contributed by atoms with E-state index in [-0.39, 0.29) is 30.3 Å². The van der Waals surface area contributed by atoms with E-state index in [2.05, 4.69) is 9.72 Å². The molecule has 9 heteroatoms. The van der Waals surface area contributed by atoms with Gasteiger partial charge in [0.05, 0.1) is 13.7 Å². The van der Waals surface area contributed by atoms with Gasteiger partial charge in [-0.15, -0.1) is 13.2 Å². The van der Waals surface area contributed by atoms with Crippen LogP contribution in [0.2, 0.25) is 0 Å². The largest absolute Gasteiger partial charge is 0.573 e. The van der Waals surface area contributed by atoms with Gasteiger partial charge in [0.1, 0.15) is 11.3 Å². The predicted molar refractivity (Wildman–Crippen MR) is 61.3 cm³/mol. The zero-order chi connectivity index (χ0) is 15.3. The maximum absolute atomic E-state index is 12.3. The summed E-state index contributed by atoms with van der Waals surface area (Å²) in [6.45, 7) is 1.29. The van der Waals surface area contributed by atoms with E-state index in [0.717, 1.165) is 6.07 Å². The molecular weight excluding hydrogens is 281 g/mol. The van der Waals surface area contributed by atoms with Gasteiger partial charge in [0.2, 0.25) is 5.88 Å². The van der Waals surface area contributed by atoms with Gasteiger partial charge >= 0.3 is 12.3 Å². The second kappa shape index (κ2) is 6.42. The Bertz CT molecular complexity index is 491. The molecule has 2 N–H and O–H groups in total. The molecule has 0 fully saturated rings. The normalized spacial score (nSPS) is 11.1. The first kappa shape index (κ1) is 16.0. The number of ether oxygens (including phenoxy) is 3. The molecule has 1 aromatic rings. The molecule has 0 aliphatic rings. The Labute approximate surface area is 112 Å². The molecule has 0 aliphatic carbocycles. The van der Waals surface area contributed by atoms with Crippen LogP contribution in [-0.2, 0) is 11.3 Å². The average molecular weight is 294 g/mol. The summed E-state index contributed by atoms with van der Waals surface area (Å²) in [6.07, 6.45) is -4.92. The summed E-state index contributed by atoms with van der Waals surface area (Å²) in [4.78, 5) is 15.4. The SMILES string of the molecule is CCOC(=O)c1cc(OC(F)(F)F)c(CN)nc1OC. The van der Waals surface area contributed by atoms with Crippen LogP contribution in [0.25, 0.3) is 0 Å². The third kappa shape index (κ3) is 3.98. The Balaban J connectivity index is 3.29. The highest BCUT2D eigenvalue weighted by Gasteiger charge is 2.33. The number of carbonyl (C=O) groups is 1. The molecule has 0 spiro atoms. The predicted octanol–water partition coefficient (Wildman–Crippen LogP) is 1.62. The standard InChI is InChI=1S/C11H13F3N2O4/c1-3-19-10(17)6-4-8(20-11(12,13)14)7(5-15)16-9(6)18-2/h4H,3,5,15H2,1-2H3. The Morgan fingerprint density at radius 2 is 2.10 bits per heavy atom. The third-order valence-electron chi connectivity index (χ3n) is 2.13. The summed E-state index contributed by atoms with van der Waals surface area (Å²) in [5, 5.41) is 0. The van der Waals surface area contributed by atoms with Crippen LogP contribution in [0.5, 0.6) is 11.6 Å². The van der Waals surface area contributed by atoms with Crippen molar-refractivity contribution in [3.63, 3.8) is 0 Å². The molecule has 1 aromatic heterocycles. The lowest BCUT2D eigenvalue weighted by molar-refractivity contribution is -0.275. The van der Waals surface area contributed by atoms with Crippen LogP contribution in [0, 0.1) is 0 Å². The number of esters is 1. The second-order valence-corrected chi connectivity index (χ2v) is 3.46. The molecule has 0 aromatic carbocycles. The number of hydrogen-bond donors (Lipinski definition) is 1. The van der Waals surface area contributed by atoms with E-state index in [1.165, 1.54) is 7.11 Å². The minimum absolute atomic E-state index is 0.0517. The highest BCUT2D eigenvalue weighted by molar-refractivity contribution is 5.92. The number of pyridine rings is 1. The van der Waals surface area contributed by atoms with Crippen molar-refractivity contribution in [2.45, 2.75) is 19.8 Å². The topological polar surface area (TPSA) is 83.7 Å². The summed E-state index contributed by atoms with van der Waals surface area (Å²) < 4.78 is 50.2. The Morgan fingerprint density at radius 1 is 1.45 bits per heavy atom. The molecule has 0 radical (unpaired) electrons. The molecule has 0 bridgehead atoms. The fraction of sp³-hybridized carbons (Fsp3) is 0.455. The molecule has 1 rings (SSSR count). The summed E-state index contributed by atoms with van der Waals surface area (Å²) in [6, 6.07) is 0.847. The number of aromatic nitrogens is 1. The van der Waals surface area contributed by atoms with Gasteiger partial charge in [-0.1, -0.05) is 0 Å². The number of nitrogens with zero attached hydrogens (tertiary/aromatic N) is 1. The number of methoxy groups -OCH3 is 1. The third-order valence-corrected chi connectivity index (χ3v) is 2.13. The highest BCUT2D eigenvalue weighted by Crippen LogP contribution is 2.30.